The summed E-state index contributed by atoms with van der Waals surface area (Å²) in [7, 11) is 1.70. The van der Waals surface area contributed by atoms with E-state index in [2.05, 4.69) is 5.16 Å². The molecule has 0 unspecified atom stereocenters. The zero-order chi connectivity index (χ0) is 12.0. The molecule has 1 rings (SSSR count). The molecule has 5 nitrogen and oxygen atoms in total. The lowest BCUT2D eigenvalue weighted by Gasteiger charge is -2.22. The molecule has 0 heterocycles. The van der Waals surface area contributed by atoms with Crippen LogP contribution in [0.3, 0.4) is 0 Å². The van der Waals surface area contributed by atoms with Crippen LogP contribution in [0.25, 0.3) is 0 Å². The third-order valence-electron chi connectivity index (χ3n) is 3.11. The fourth-order valence-electron chi connectivity index (χ4n) is 2.19. The van der Waals surface area contributed by atoms with Gasteiger partial charge in [-0.15, -0.1) is 0 Å². The molecule has 0 atom stereocenters. The lowest BCUT2D eigenvalue weighted by Crippen LogP contribution is -2.39. The van der Waals surface area contributed by atoms with Gasteiger partial charge in [0.15, 0.2) is 5.84 Å². The summed E-state index contributed by atoms with van der Waals surface area (Å²) in [5, 5.41) is 11.3. The third kappa shape index (κ3) is 3.72. The van der Waals surface area contributed by atoms with Crippen LogP contribution < -0.4 is 5.73 Å². The van der Waals surface area contributed by atoms with Gasteiger partial charge in [0.05, 0.1) is 6.54 Å². The molecule has 3 N–H and O–H groups in total. The van der Waals surface area contributed by atoms with E-state index < -0.39 is 0 Å². The maximum atomic E-state index is 12.0. The molecule has 0 aromatic rings. The summed E-state index contributed by atoms with van der Waals surface area (Å²) in [6.45, 7) is 0.200. The second kappa shape index (κ2) is 6.35. The van der Waals surface area contributed by atoms with Gasteiger partial charge in [0.2, 0.25) is 5.91 Å². The molecule has 0 aliphatic heterocycles. The van der Waals surface area contributed by atoms with Crippen molar-refractivity contribution in [3.05, 3.63) is 0 Å². The van der Waals surface area contributed by atoms with Crippen molar-refractivity contribution in [1.82, 2.24) is 4.90 Å². The zero-order valence-electron chi connectivity index (χ0n) is 9.85. The number of likely N-dealkylation sites (N-methyl/N-ethyl adjacent to an activating group) is 1. The second-order valence-corrected chi connectivity index (χ2v) is 4.47. The Morgan fingerprint density at radius 3 is 2.44 bits per heavy atom. The summed E-state index contributed by atoms with van der Waals surface area (Å²) in [5.41, 5.74) is 5.38. The molecular weight excluding hydrogens is 206 g/mol. The first-order valence-corrected chi connectivity index (χ1v) is 5.86. The summed E-state index contributed by atoms with van der Waals surface area (Å²) in [6, 6.07) is 0. The molecular formula is C11H21N3O2. The largest absolute Gasteiger partial charge is 0.409 e. The summed E-state index contributed by atoms with van der Waals surface area (Å²) in [6.07, 6.45) is 6.67. The SMILES string of the molecule is CN(CC(N)=NO)C(=O)C1CCCCCC1. The van der Waals surface area contributed by atoms with E-state index in [4.69, 9.17) is 10.9 Å². The quantitative estimate of drug-likeness (QED) is 0.250. The van der Waals surface area contributed by atoms with Crippen LogP contribution in [0.2, 0.25) is 0 Å². The highest BCUT2D eigenvalue weighted by Gasteiger charge is 2.23. The topological polar surface area (TPSA) is 78.9 Å². The Morgan fingerprint density at radius 1 is 1.38 bits per heavy atom. The summed E-state index contributed by atoms with van der Waals surface area (Å²) < 4.78 is 0. The monoisotopic (exact) mass is 227 g/mol. The predicted octanol–water partition coefficient (Wildman–Crippen LogP) is 1.16. The van der Waals surface area contributed by atoms with Gasteiger partial charge < -0.3 is 15.8 Å². The number of amidine groups is 1. The van der Waals surface area contributed by atoms with Gasteiger partial charge in [-0.2, -0.15) is 0 Å². The number of nitrogens with zero attached hydrogens (tertiary/aromatic N) is 2. The Hall–Kier alpha value is -1.26. The second-order valence-electron chi connectivity index (χ2n) is 4.47. The number of oxime groups is 1. The van der Waals surface area contributed by atoms with Crippen LogP contribution in [0.5, 0.6) is 0 Å². The van der Waals surface area contributed by atoms with Crippen LogP contribution >= 0.6 is 0 Å². The van der Waals surface area contributed by atoms with Gasteiger partial charge in [-0.1, -0.05) is 30.8 Å². The van der Waals surface area contributed by atoms with E-state index in [0.29, 0.717) is 0 Å². The van der Waals surface area contributed by atoms with Crippen LogP contribution in [0.15, 0.2) is 5.16 Å². The number of amides is 1. The van der Waals surface area contributed by atoms with Crippen molar-refractivity contribution in [2.24, 2.45) is 16.8 Å². The van der Waals surface area contributed by atoms with Gasteiger partial charge >= 0.3 is 0 Å². The van der Waals surface area contributed by atoms with Crippen molar-refractivity contribution in [2.75, 3.05) is 13.6 Å². The van der Waals surface area contributed by atoms with E-state index in [-0.39, 0.29) is 24.2 Å². The van der Waals surface area contributed by atoms with E-state index in [1.54, 1.807) is 11.9 Å². The first kappa shape index (κ1) is 12.8. The molecule has 0 aromatic carbocycles. The third-order valence-corrected chi connectivity index (χ3v) is 3.11. The molecule has 1 saturated carbocycles. The summed E-state index contributed by atoms with van der Waals surface area (Å²) >= 11 is 0. The number of rotatable bonds is 3. The molecule has 1 aliphatic rings. The zero-order valence-corrected chi connectivity index (χ0v) is 9.85. The van der Waals surface area contributed by atoms with Crippen molar-refractivity contribution < 1.29 is 10.0 Å². The summed E-state index contributed by atoms with van der Waals surface area (Å²) in [5.74, 6) is 0.317. The average Bonchev–Trinajstić information content (AvgIpc) is 2.56. The first-order valence-electron chi connectivity index (χ1n) is 5.86. The van der Waals surface area contributed by atoms with E-state index >= 15 is 0 Å². The molecule has 0 aromatic heterocycles. The molecule has 0 bridgehead atoms. The lowest BCUT2D eigenvalue weighted by atomic mass is 9.99. The number of hydrogen-bond acceptors (Lipinski definition) is 3. The minimum atomic E-state index is 0.0736. The predicted molar refractivity (Wildman–Crippen MR) is 62.2 cm³/mol. The van der Waals surface area contributed by atoms with Gasteiger partial charge in [-0.25, -0.2) is 0 Å². The molecule has 0 spiro atoms. The van der Waals surface area contributed by atoms with Gasteiger partial charge in [-0.3, -0.25) is 4.79 Å². The Morgan fingerprint density at radius 2 is 1.94 bits per heavy atom. The highest BCUT2D eigenvalue weighted by molar-refractivity contribution is 5.87. The van der Waals surface area contributed by atoms with Crippen molar-refractivity contribution in [3.8, 4) is 0 Å². The fourth-order valence-corrected chi connectivity index (χ4v) is 2.19. The van der Waals surface area contributed by atoms with Crippen molar-refractivity contribution in [3.63, 3.8) is 0 Å². The van der Waals surface area contributed by atoms with Crippen LogP contribution in [0.4, 0.5) is 0 Å². The standard InChI is InChI=1S/C11H21N3O2/c1-14(8-10(12)13-16)11(15)9-6-4-2-3-5-7-9/h9,16H,2-8H2,1H3,(H2,12,13). The molecule has 0 radical (unpaired) electrons. The van der Waals surface area contributed by atoms with E-state index in [1.165, 1.54) is 12.8 Å². The average molecular weight is 227 g/mol. The summed E-state index contributed by atoms with van der Waals surface area (Å²) in [4.78, 5) is 13.6. The van der Waals surface area contributed by atoms with Gasteiger partial charge in [0.1, 0.15) is 0 Å². The van der Waals surface area contributed by atoms with Crippen LogP contribution in [-0.4, -0.2) is 35.4 Å². The number of hydrogen-bond donors (Lipinski definition) is 2. The minimum absolute atomic E-state index is 0.0736. The van der Waals surface area contributed by atoms with Crippen LogP contribution in [0.1, 0.15) is 38.5 Å². The van der Waals surface area contributed by atoms with Gasteiger partial charge in [-0.05, 0) is 12.8 Å². The maximum absolute atomic E-state index is 12.0. The minimum Gasteiger partial charge on any atom is -0.409 e. The van der Waals surface area contributed by atoms with Crippen molar-refractivity contribution in [2.45, 2.75) is 38.5 Å². The lowest BCUT2D eigenvalue weighted by molar-refractivity contribution is -0.133. The fraction of sp³-hybridized carbons (Fsp3) is 0.818. The van der Waals surface area contributed by atoms with Crippen LogP contribution in [0, 0.1) is 5.92 Å². The number of nitrogens with two attached hydrogens (primary N) is 1. The highest BCUT2D eigenvalue weighted by Crippen LogP contribution is 2.24. The molecule has 92 valence electrons. The van der Waals surface area contributed by atoms with Crippen molar-refractivity contribution >= 4 is 11.7 Å². The van der Waals surface area contributed by atoms with Crippen molar-refractivity contribution in [1.29, 1.82) is 0 Å². The normalized spacial score (nSPS) is 19.2. The smallest absolute Gasteiger partial charge is 0.225 e. The Labute approximate surface area is 96.3 Å². The molecule has 5 heteroatoms. The Kier molecular flexibility index (Phi) is 5.08. The van der Waals surface area contributed by atoms with Gasteiger partial charge in [0, 0.05) is 13.0 Å². The highest BCUT2D eigenvalue weighted by atomic mass is 16.4. The molecule has 0 saturated heterocycles. The first-order chi connectivity index (χ1) is 7.65. The van der Waals surface area contributed by atoms with E-state index in [0.717, 1.165) is 25.7 Å². The number of carbonyl (C=O) groups excluding carboxylic acids is 1. The van der Waals surface area contributed by atoms with Gasteiger partial charge in [0.25, 0.3) is 0 Å². The Balaban J connectivity index is 2.48. The number of carbonyl (C=O) groups is 1. The van der Waals surface area contributed by atoms with Crippen LogP contribution in [-0.2, 0) is 4.79 Å². The molecule has 1 aliphatic carbocycles. The Bertz CT molecular complexity index is 258. The maximum Gasteiger partial charge on any atom is 0.225 e. The molecule has 1 fully saturated rings. The van der Waals surface area contributed by atoms with E-state index in [9.17, 15) is 4.79 Å². The molecule has 1 amide bonds. The van der Waals surface area contributed by atoms with E-state index in [1.807, 2.05) is 0 Å². The molecule has 16 heavy (non-hydrogen) atoms.